The fourth-order valence-corrected chi connectivity index (χ4v) is 4.00. The monoisotopic (exact) mass is 242 g/mol. The summed E-state index contributed by atoms with van der Waals surface area (Å²) in [6, 6.07) is 5.68. The Morgan fingerprint density at radius 1 is 1.27 bits per heavy atom. The number of benzene rings is 1. The third kappa shape index (κ3) is 2.21. The van der Waals surface area contributed by atoms with Crippen LogP contribution >= 0.6 is 11.8 Å². The van der Waals surface area contributed by atoms with E-state index in [2.05, 4.69) is 0 Å². The lowest BCUT2D eigenvalue weighted by Crippen LogP contribution is -2.06. The van der Waals surface area contributed by atoms with E-state index in [0.29, 0.717) is 10.6 Å². The molecule has 0 radical (unpaired) electrons. The highest BCUT2D eigenvalue weighted by atomic mass is 32.2. The third-order valence-corrected chi connectivity index (χ3v) is 5.33. The topological polar surface area (TPSA) is 34.1 Å². The summed E-state index contributed by atoms with van der Waals surface area (Å²) in [6.07, 6.45) is 4.66. The van der Waals surface area contributed by atoms with E-state index in [9.17, 15) is 8.42 Å². The van der Waals surface area contributed by atoms with E-state index in [4.69, 9.17) is 0 Å². The maximum absolute atomic E-state index is 11.9. The van der Waals surface area contributed by atoms with Gasteiger partial charge in [0.15, 0.2) is 9.84 Å². The second-order valence-corrected chi connectivity index (χ2v) is 6.71. The van der Waals surface area contributed by atoms with Crippen LogP contribution in [0.4, 0.5) is 0 Å². The second kappa shape index (κ2) is 4.18. The average molecular weight is 242 g/mol. The molecule has 0 saturated heterocycles. The van der Waals surface area contributed by atoms with Gasteiger partial charge in [0.2, 0.25) is 0 Å². The van der Waals surface area contributed by atoms with E-state index in [1.807, 2.05) is 18.4 Å². The van der Waals surface area contributed by atoms with Crippen LogP contribution in [0.25, 0.3) is 0 Å². The molecule has 0 spiro atoms. The highest BCUT2D eigenvalue weighted by Crippen LogP contribution is 2.27. The largest absolute Gasteiger partial charge is 0.224 e. The normalized spacial score (nSPS) is 19.3. The lowest BCUT2D eigenvalue weighted by molar-refractivity contribution is 0.594. The zero-order chi connectivity index (χ0) is 10.9. The van der Waals surface area contributed by atoms with Crippen LogP contribution in [0.3, 0.4) is 0 Å². The average Bonchev–Trinajstić information content (AvgIpc) is 2.37. The SMILES string of the molecule is CSc1ccc2c(c1)CCCCS2(=O)=O. The molecule has 0 bridgehead atoms. The van der Waals surface area contributed by atoms with Gasteiger partial charge in [-0.05, 0) is 49.3 Å². The van der Waals surface area contributed by atoms with E-state index in [1.165, 1.54) is 0 Å². The van der Waals surface area contributed by atoms with Crippen molar-refractivity contribution in [1.29, 1.82) is 0 Å². The second-order valence-electron chi connectivity index (χ2n) is 3.75. The van der Waals surface area contributed by atoms with Crippen LogP contribution in [-0.4, -0.2) is 20.4 Å². The molecule has 82 valence electrons. The van der Waals surface area contributed by atoms with Crippen LogP contribution in [0.1, 0.15) is 18.4 Å². The van der Waals surface area contributed by atoms with Crippen LogP contribution in [0.5, 0.6) is 0 Å². The Labute approximate surface area is 95.0 Å². The molecule has 0 aliphatic carbocycles. The van der Waals surface area contributed by atoms with Crippen LogP contribution in [0.15, 0.2) is 28.0 Å². The predicted octanol–water partition coefficient (Wildman–Crippen LogP) is 2.52. The zero-order valence-electron chi connectivity index (χ0n) is 8.69. The van der Waals surface area contributed by atoms with Gasteiger partial charge >= 0.3 is 0 Å². The predicted molar refractivity (Wildman–Crippen MR) is 63.2 cm³/mol. The number of hydrogen-bond donors (Lipinski definition) is 0. The van der Waals surface area contributed by atoms with Gasteiger partial charge < -0.3 is 0 Å². The van der Waals surface area contributed by atoms with Crippen LogP contribution in [-0.2, 0) is 16.3 Å². The van der Waals surface area contributed by atoms with E-state index in [1.54, 1.807) is 17.8 Å². The minimum atomic E-state index is -3.01. The number of rotatable bonds is 1. The van der Waals surface area contributed by atoms with Crippen LogP contribution in [0, 0.1) is 0 Å². The molecule has 1 heterocycles. The summed E-state index contributed by atoms with van der Waals surface area (Å²) >= 11 is 1.65. The van der Waals surface area contributed by atoms with Gasteiger partial charge in [0, 0.05) is 4.90 Å². The molecule has 0 aromatic heterocycles. The highest BCUT2D eigenvalue weighted by Gasteiger charge is 2.21. The van der Waals surface area contributed by atoms with Crippen molar-refractivity contribution in [3.8, 4) is 0 Å². The first-order valence-corrected chi connectivity index (χ1v) is 7.91. The van der Waals surface area contributed by atoms with E-state index in [0.717, 1.165) is 29.7 Å². The van der Waals surface area contributed by atoms with Crippen molar-refractivity contribution in [3.63, 3.8) is 0 Å². The maximum atomic E-state index is 11.9. The summed E-state index contributed by atoms with van der Waals surface area (Å²) in [6.45, 7) is 0. The smallest absolute Gasteiger partial charge is 0.178 e. The summed E-state index contributed by atoms with van der Waals surface area (Å²) in [7, 11) is -3.01. The van der Waals surface area contributed by atoms with E-state index >= 15 is 0 Å². The molecular weight excluding hydrogens is 228 g/mol. The van der Waals surface area contributed by atoms with Gasteiger partial charge in [-0.3, -0.25) is 0 Å². The Morgan fingerprint density at radius 3 is 2.80 bits per heavy atom. The Balaban J connectivity index is 2.56. The van der Waals surface area contributed by atoms with Gasteiger partial charge in [0.05, 0.1) is 10.6 Å². The van der Waals surface area contributed by atoms with Crippen molar-refractivity contribution < 1.29 is 8.42 Å². The molecule has 0 atom stereocenters. The standard InChI is InChI=1S/C11H14O2S2/c1-14-10-5-6-11-9(8-10)4-2-3-7-15(11,12)13/h5-6,8H,2-4,7H2,1H3. The first-order valence-electron chi connectivity index (χ1n) is 5.03. The summed E-state index contributed by atoms with van der Waals surface area (Å²) in [5.74, 6) is 0.304. The molecule has 1 aromatic rings. The van der Waals surface area contributed by atoms with Gasteiger partial charge in [-0.1, -0.05) is 0 Å². The van der Waals surface area contributed by atoms with Gasteiger partial charge in [-0.25, -0.2) is 8.42 Å². The lowest BCUT2D eigenvalue weighted by Gasteiger charge is -2.07. The third-order valence-electron chi connectivity index (χ3n) is 2.71. The van der Waals surface area contributed by atoms with Gasteiger partial charge in [0.25, 0.3) is 0 Å². The molecule has 1 aliphatic rings. The number of aryl methyl sites for hydroxylation is 1. The van der Waals surface area contributed by atoms with Crippen molar-refractivity contribution in [2.24, 2.45) is 0 Å². The molecule has 0 saturated carbocycles. The Hall–Kier alpha value is -0.480. The first-order chi connectivity index (χ1) is 7.13. The highest BCUT2D eigenvalue weighted by molar-refractivity contribution is 7.98. The maximum Gasteiger partial charge on any atom is 0.178 e. The Bertz CT molecular complexity index is 463. The van der Waals surface area contributed by atoms with Crippen molar-refractivity contribution in [2.45, 2.75) is 29.1 Å². The fraction of sp³-hybridized carbons (Fsp3) is 0.455. The molecule has 2 rings (SSSR count). The molecule has 0 unspecified atom stereocenters. The van der Waals surface area contributed by atoms with Crippen molar-refractivity contribution in [3.05, 3.63) is 23.8 Å². The van der Waals surface area contributed by atoms with Crippen molar-refractivity contribution in [2.75, 3.05) is 12.0 Å². The number of sulfone groups is 1. The molecule has 15 heavy (non-hydrogen) atoms. The van der Waals surface area contributed by atoms with Crippen LogP contribution in [0.2, 0.25) is 0 Å². The Morgan fingerprint density at radius 2 is 2.07 bits per heavy atom. The summed E-state index contributed by atoms with van der Waals surface area (Å²) < 4.78 is 23.8. The summed E-state index contributed by atoms with van der Waals surface area (Å²) in [4.78, 5) is 1.70. The molecule has 4 heteroatoms. The molecule has 0 N–H and O–H groups in total. The number of fused-ring (bicyclic) bond motifs is 1. The Kier molecular flexibility index (Phi) is 3.07. The van der Waals surface area contributed by atoms with Crippen LogP contribution < -0.4 is 0 Å². The number of hydrogen-bond acceptors (Lipinski definition) is 3. The molecule has 0 amide bonds. The molecule has 2 nitrogen and oxygen atoms in total. The first kappa shape index (κ1) is 11.0. The zero-order valence-corrected chi connectivity index (χ0v) is 10.3. The van der Waals surface area contributed by atoms with E-state index < -0.39 is 9.84 Å². The van der Waals surface area contributed by atoms with Crippen molar-refractivity contribution in [1.82, 2.24) is 0 Å². The lowest BCUT2D eigenvalue weighted by atomic mass is 10.1. The van der Waals surface area contributed by atoms with Gasteiger partial charge in [-0.2, -0.15) is 0 Å². The minimum Gasteiger partial charge on any atom is -0.224 e. The number of thioether (sulfide) groups is 1. The van der Waals surface area contributed by atoms with E-state index in [-0.39, 0.29) is 0 Å². The molecular formula is C11H14O2S2. The summed E-state index contributed by atoms with van der Waals surface area (Å²) in [5, 5.41) is 0. The minimum absolute atomic E-state index is 0.304. The van der Waals surface area contributed by atoms with Crippen molar-refractivity contribution >= 4 is 21.6 Å². The summed E-state index contributed by atoms with van der Waals surface area (Å²) in [5.41, 5.74) is 0.999. The van der Waals surface area contributed by atoms with Gasteiger partial charge in [-0.15, -0.1) is 11.8 Å². The quantitative estimate of drug-likeness (QED) is 0.710. The fourth-order valence-electron chi connectivity index (χ4n) is 1.90. The molecule has 1 aromatic carbocycles. The van der Waals surface area contributed by atoms with Gasteiger partial charge in [0.1, 0.15) is 0 Å². The molecule has 0 fully saturated rings. The molecule has 1 aliphatic heterocycles.